The van der Waals surface area contributed by atoms with Gasteiger partial charge in [0.1, 0.15) is 5.82 Å². The summed E-state index contributed by atoms with van der Waals surface area (Å²) in [4.78, 5) is 22.0. The van der Waals surface area contributed by atoms with E-state index in [1.54, 1.807) is 19.1 Å². The van der Waals surface area contributed by atoms with Gasteiger partial charge in [0, 0.05) is 17.7 Å². The number of aliphatic carboxylic acids is 1. The summed E-state index contributed by atoms with van der Waals surface area (Å²) in [7, 11) is 0. The summed E-state index contributed by atoms with van der Waals surface area (Å²) in [5.41, 5.74) is 1.09. The number of rotatable bonds is 4. The van der Waals surface area contributed by atoms with Crippen molar-refractivity contribution < 1.29 is 14.3 Å². The van der Waals surface area contributed by atoms with Gasteiger partial charge in [-0.2, -0.15) is 5.10 Å². The standard InChI is InChI=1S/C15H13FN2O3/c1-10-2-6-14(19)18(17-10)9-12-5-3-11(8-13(12)16)4-7-15(20)21/h2-8H,9H2,1H3,(H,20,21). The number of carbonyl (C=O) groups is 1. The van der Waals surface area contributed by atoms with Crippen LogP contribution in [0.3, 0.4) is 0 Å². The average Bonchev–Trinajstić information content (AvgIpc) is 2.43. The number of carboxylic acids is 1. The van der Waals surface area contributed by atoms with Crippen molar-refractivity contribution in [1.82, 2.24) is 9.78 Å². The molecule has 0 amide bonds. The van der Waals surface area contributed by atoms with Gasteiger partial charge in [0.25, 0.3) is 5.56 Å². The van der Waals surface area contributed by atoms with Crippen molar-refractivity contribution in [3.05, 3.63) is 69.4 Å². The molecule has 1 aromatic heterocycles. The molecule has 1 aromatic carbocycles. The first kappa shape index (κ1) is 14.6. The molecule has 0 saturated carbocycles. The van der Waals surface area contributed by atoms with Crippen LogP contribution in [0.25, 0.3) is 6.08 Å². The highest BCUT2D eigenvalue weighted by Crippen LogP contribution is 2.12. The number of nitrogens with zero attached hydrogens (tertiary/aromatic N) is 2. The first-order valence-corrected chi connectivity index (χ1v) is 6.20. The summed E-state index contributed by atoms with van der Waals surface area (Å²) in [6, 6.07) is 7.28. The molecule has 0 bridgehead atoms. The zero-order valence-electron chi connectivity index (χ0n) is 11.3. The van der Waals surface area contributed by atoms with E-state index in [-0.39, 0.29) is 12.1 Å². The van der Waals surface area contributed by atoms with Crippen LogP contribution in [0.4, 0.5) is 4.39 Å². The number of aromatic nitrogens is 2. The molecular formula is C15H13FN2O3. The van der Waals surface area contributed by atoms with E-state index in [0.29, 0.717) is 16.8 Å². The summed E-state index contributed by atoms with van der Waals surface area (Å²) < 4.78 is 15.1. The molecule has 6 heteroatoms. The van der Waals surface area contributed by atoms with E-state index in [0.717, 1.165) is 6.08 Å². The number of hydrogen-bond acceptors (Lipinski definition) is 3. The van der Waals surface area contributed by atoms with Crippen molar-refractivity contribution in [3.8, 4) is 0 Å². The largest absolute Gasteiger partial charge is 0.478 e. The van der Waals surface area contributed by atoms with E-state index in [9.17, 15) is 14.0 Å². The molecule has 21 heavy (non-hydrogen) atoms. The highest BCUT2D eigenvalue weighted by atomic mass is 19.1. The number of benzene rings is 1. The summed E-state index contributed by atoms with van der Waals surface area (Å²) in [5.74, 6) is -1.62. The third kappa shape index (κ3) is 3.85. The minimum atomic E-state index is -1.10. The minimum Gasteiger partial charge on any atom is -0.478 e. The lowest BCUT2D eigenvalue weighted by Gasteiger charge is -2.07. The molecule has 0 atom stereocenters. The molecule has 1 heterocycles. The Morgan fingerprint density at radius 1 is 1.38 bits per heavy atom. The van der Waals surface area contributed by atoms with Crippen molar-refractivity contribution >= 4 is 12.0 Å². The second-order valence-electron chi connectivity index (χ2n) is 4.49. The van der Waals surface area contributed by atoms with Gasteiger partial charge in [-0.1, -0.05) is 12.1 Å². The van der Waals surface area contributed by atoms with Crippen molar-refractivity contribution in [2.45, 2.75) is 13.5 Å². The second-order valence-corrected chi connectivity index (χ2v) is 4.49. The molecule has 0 unspecified atom stereocenters. The fraction of sp³-hybridized carbons (Fsp3) is 0.133. The van der Waals surface area contributed by atoms with Gasteiger partial charge in [-0.05, 0) is 30.7 Å². The molecule has 2 aromatic rings. The van der Waals surface area contributed by atoms with Crippen LogP contribution in [0, 0.1) is 12.7 Å². The number of aryl methyl sites for hydroxylation is 1. The minimum absolute atomic E-state index is 0.0231. The van der Waals surface area contributed by atoms with Gasteiger partial charge in [-0.15, -0.1) is 0 Å². The van der Waals surface area contributed by atoms with E-state index in [1.165, 1.54) is 29.0 Å². The molecule has 108 valence electrons. The van der Waals surface area contributed by atoms with Gasteiger partial charge in [0.15, 0.2) is 0 Å². The fourth-order valence-electron chi connectivity index (χ4n) is 1.79. The zero-order valence-corrected chi connectivity index (χ0v) is 11.3. The van der Waals surface area contributed by atoms with E-state index in [1.807, 2.05) is 0 Å². The van der Waals surface area contributed by atoms with E-state index in [2.05, 4.69) is 5.10 Å². The van der Waals surface area contributed by atoms with E-state index >= 15 is 0 Å². The molecule has 0 aliphatic rings. The average molecular weight is 288 g/mol. The molecule has 0 radical (unpaired) electrons. The van der Waals surface area contributed by atoms with Crippen molar-refractivity contribution in [2.24, 2.45) is 0 Å². The first-order valence-electron chi connectivity index (χ1n) is 6.20. The number of halogens is 1. The summed E-state index contributed by atoms with van der Waals surface area (Å²) in [5, 5.41) is 12.6. The maximum atomic E-state index is 14.0. The molecule has 5 nitrogen and oxygen atoms in total. The van der Waals surface area contributed by atoms with Crippen molar-refractivity contribution in [3.63, 3.8) is 0 Å². The normalized spacial score (nSPS) is 11.0. The molecule has 2 rings (SSSR count). The number of hydrogen-bond donors (Lipinski definition) is 1. The Morgan fingerprint density at radius 2 is 2.14 bits per heavy atom. The maximum absolute atomic E-state index is 14.0. The highest BCUT2D eigenvalue weighted by molar-refractivity contribution is 5.85. The van der Waals surface area contributed by atoms with Gasteiger partial charge in [0.2, 0.25) is 0 Å². The van der Waals surface area contributed by atoms with Crippen LogP contribution in [-0.2, 0) is 11.3 Å². The van der Waals surface area contributed by atoms with Gasteiger partial charge >= 0.3 is 5.97 Å². The third-order valence-corrected chi connectivity index (χ3v) is 2.82. The number of carboxylic acid groups (broad SMARTS) is 1. The van der Waals surface area contributed by atoms with Gasteiger partial charge in [-0.3, -0.25) is 4.79 Å². The lowest BCUT2D eigenvalue weighted by molar-refractivity contribution is -0.131. The Kier molecular flexibility index (Phi) is 4.27. The van der Waals surface area contributed by atoms with Gasteiger partial charge in [-0.25, -0.2) is 13.9 Å². The van der Waals surface area contributed by atoms with Crippen molar-refractivity contribution in [2.75, 3.05) is 0 Å². The molecule has 0 saturated heterocycles. The maximum Gasteiger partial charge on any atom is 0.328 e. The molecular weight excluding hydrogens is 275 g/mol. The monoisotopic (exact) mass is 288 g/mol. The molecule has 1 N–H and O–H groups in total. The second kappa shape index (κ2) is 6.13. The zero-order chi connectivity index (χ0) is 15.4. The van der Waals surface area contributed by atoms with Crippen LogP contribution < -0.4 is 5.56 Å². The Morgan fingerprint density at radius 3 is 2.81 bits per heavy atom. The lowest BCUT2D eigenvalue weighted by Crippen LogP contribution is -2.23. The highest BCUT2D eigenvalue weighted by Gasteiger charge is 2.06. The van der Waals surface area contributed by atoms with Crippen LogP contribution in [-0.4, -0.2) is 20.9 Å². The Bertz CT molecular complexity index is 766. The fourth-order valence-corrected chi connectivity index (χ4v) is 1.79. The Balaban J connectivity index is 2.27. The van der Waals surface area contributed by atoms with E-state index in [4.69, 9.17) is 5.11 Å². The Labute approximate surface area is 120 Å². The van der Waals surface area contributed by atoms with Gasteiger partial charge < -0.3 is 5.11 Å². The summed E-state index contributed by atoms with van der Waals surface area (Å²) >= 11 is 0. The lowest BCUT2D eigenvalue weighted by atomic mass is 10.1. The Hall–Kier alpha value is -2.76. The van der Waals surface area contributed by atoms with Crippen LogP contribution >= 0.6 is 0 Å². The molecule has 0 aliphatic carbocycles. The predicted molar refractivity (Wildman–Crippen MR) is 75.4 cm³/mol. The first-order chi connectivity index (χ1) is 9.95. The smallest absolute Gasteiger partial charge is 0.328 e. The summed E-state index contributed by atoms with van der Waals surface area (Å²) in [6.07, 6.45) is 2.23. The summed E-state index contributed by atoms with van der Waals surface area (Å²) in [6.45, 7) is 1.77. The van der Waals surface area contributed by atoms with Crippen molar-refractivity contribution in [1.29, 1.82) is 0 Å². The molecule has 0 fully saturated rings. The quantitative estimate of drug-likeness (QED) is 0.871. The molecule has 0 spiro atoms. The SMILES string of the molecule is Cc1ccc(=O)n(Cc2ccc(C=CC(=O)O)cc2F)n1. The van der Waals surface area contributed by atoms with Gasteiger partial charge in [0.05, 0.1) is 12.2 Å². The van der Waals surface area contributed by atoms with Crippen LogP contribution in [0.1, 0.15) is 16.8 Å². The third-order valence-electron chi connectivity index (χ3n) is 2.82. The van der Waals surface area contributed by atoms with Crippen LogP contribution in [0.15, 0.2) is 41.2 Å². The predicted octanol–water partition coefficient (Wildman–Crippen LogP) is 1.84. The van der Waals surface area contributed by atoms with Crippen LogP contribution in [0.2, 0.25) is 0 Å². The molecule has 0 aliphatic heterocycles. The topological polar surface area (TPSA) is 72.2 Å². The van der Waals surface area contributed by atoms with E-state index < -0.39 is 11.8 Å². The van der Waals surface area contributed by atoms with Crippen LogP contribution in [0.5, 0.6) is 0 Å².